The van der Waals surface area contributed by atoms with Crippen LogP contribution in [0.25, 0.3) is 0 Å². The minimum absolute atomic E-state index is 0.495. The number of methoxy groups -OCH3 is 1. The number of carbonyl (C=O) groups is 1. The number of rotatable bonds is 4. The van der Waals surface area contributed by atoms with E-state index in [4.69, 9.17) is 0 Å². The van der Waals surface area contributed by atoms with Crippen molar-refractivity contribution in [3.05, 3.63) is 29.8 Å². The van der Waals surface area contributed by atoms with Gasteiger partial charge < -0.3 is 4.74 Å². The van der Waals surface area contributed by atoms with Gasteiger partial charge in [-0.05, 0) is 12.1 Å². The SMILES string of the molecule is COC(=O)CCS(=O)(=O)c1ccccc1C(F)(F)F. The molecule has 0 amide bonds. The standard InChI is InChI=1S/C11H11F3O4S/c1-18-10(15)6-7-19(16,17)9-5-3-2-4-8(9)11(12,13)14/h2-5H,6-7H2,1H3. The van der Waals surface area contributed by atoms with Crippen molar-refractivity contribution < 1.29 is 31.1 Å². The summed E-state index contributed by atoms with van der Waals surface area (Å²) in [6, 6.07) is 3.85. The van der Waals surface area contributed by atoms with E-state index in [1.54, 1.807) is 0 Å². The first kappa shape index (κ1) is 15.5. The van der Waals surface area contributed by atoms with Crippen LogP contribution in [0.5, 0.6) is 0 Å². The zero-order valence-corrected chi connectivity index (χ0v) is 10.7. The van der Waals surface area contributed by atoms with Crippen LogP contribution in [0, 0.1) is 0 Å². The summed E-state index contributed by atoms with van der Waals surface area (Å²) >= 11 is 0. The minimum atomic E-state index is -4.77. The highest BCUT2D eigenvalue weighted by atomic mass is 32.2. The fourth-order valence-electron chi connectivity index (χ4n) is 1.40. The summed E-state index contributed by atoms with van der Waals surface area (Å²) < 4.78 is 65.9. The quantitative estimate of drug-likeness (QED) is 0.798. The molecule has 19 heavy (non-hydrogen) atoms. The van der Waals surface area contributed by atoms with E-state index in [1.807, 2.05) is 0 Å². The molecular formula is C11H11F3O4S. The van der Waals surface area contributed by atoms with Crippen molar-refractivity contribution in [3.8, 4) is 0 Å². The first-order chi connectivity index (χ1) is 8.68. The number of esters is 1. The fourth-order valence-corrected chi connectivity index (χ4v) is 2.86. The molecule has 0 radical (unpaired) electrons. The Morgan fingerprint density at radius 3 is 2.37 bits per heavy atom. The Hall–Kier alpha value is -1.57. The molecule has 0 aromatic heterocycles. The predicted molar refractivity (Wildman–Crippen MR) is 60.1 cm³/mol. The van der Waals surface area contributed by atoms with E-state index in [-0.39, 0.29) is 0 Å². The summed E-state index contributed by atoms with van der Waals surface area (Å²) in [6.07, 6.45) is -5.26. The van der Waals surface area contributed by atoms with Crippen molar-refractivity contribution in [2.45, 2.75) is 17.5 Å². The Morgan fingerprint density at radius 1 is 1.26 bits per heavy atom. The molecule has 0 saturated heterocycles. The van der Waals surface area contributed by atoms with Gasteiger partial charge in [0.15, 0.2) is 9.84 Å². The number of alkyl halides is 3. The Balaban J connectivity index is 3.12. The fraction of sp³-hybridized carbons (Fsp3) is 0.364. The summed E-state index contributed by atoms with van der Waals surface area (Å²) in [7, 11) is -3.13. The normalized spacial score (nSPS) is 12.2. The monoisotopic (exact) mass is 296 g/mol. The molecule has 1 rings (SSSR count). The highest BCUT2D eigenvalue weighted by Gasteiger charge is 2.36. The van der Waals surface area contributed by atoms with Gasteiger partial charge in [-0.1, -0.05) is 12.1 Å². The molecule has 0 fully saturated rings. The largest absolute Gasteiger partial charge is 0.469 e. The highest BCUT2D eigenvalue weighted by Crippen LogP contribution is 2.34. The first-order valence-electron chi connectivity index (χ1n) is 5.14. The topological polar surface area (TPSA) is 60.4 Å². The second-order valence-electron chi connectivity index (χ2n) is 3.64. The number of hydrogen-bond donors (Lipinski definition) is 0. The van der Waals surface area contributed by atoms with Gasteiger partial charge >= 0.3 is 12.1 Å². The van der Waals surface area contributed by atoms with Crippen LogP contribution in [0.15, 0.2) is 29.2 Å². The summed E-state index contributed by atoms with van der Waals surface area (Å²) in [6.45, 7) is 0. The molecule has 0 unspecified atom stereocenters. The van der Waals surface area contributed by atoms with Gasteiger partial charge in [0.2, 0.25) is 0 Å². The zero-order chi connectivity index (χ0) is 14.7. The zero-order valence-electron chi connectivity index (χ0n) is 9.90. The molecule has 0 aliphatic rings. The molecule has 1 aromatic rings. The molecule has 8 heteroatoms. The Morgan fingerprint density at radius 2 is 1.84 bits per heavy atom. The third-order valence-electron chi connectivity index (χ3n) is 2.33. The summed E-state index contributed by atoms with van der Waals surface area (Å²) in [4.78, 5) is 10.0. The van der Waals surface area contributed by atoms with Gasteiger partial charge in [-0.15, -0.1) is 0 Å². The van der Waals surface area contributed by atoms with Crippen LogP contribution in [-0.4, -0.2) is 27.2 Å². The third kappa shape index (κ3) is 3.95. The van der Waals surface area contributed by atoms with Crippen molar-refractivity contribution in [2.24, 2.45) is 0 Å². The smallest absolute Gasteiger partial charge is 0.417 e. The predicted octanol–water partition coefficient (Wildman–Crippen LogP) is 2.04. The van der Waals surface area contributed by atoms with Crippen molar-refractivity contribution in [2.75, 3.05) is 12.9 Å². The number of halogens is 3. The molecule has 4 nitrogen and oxygen atoms in total. The van der Waals surface area contributed by atoms with Gasteiger partial charge in [-0.3, -0.25) is 4.79 Å². The van der Waals surface area contributed by atoms with Gasteiger partial charge in [0.1, 0.15) is 0 Å². The van der Waals surface area contributed by atoms with Gasteiger partial charge in [0.25, 0.3) is 0 Å². The molecule has 0 N–H and O–H groups in total. The van der Waals surface area contributed by atoms with Gasteiger partial charge in [-0.2, -0.15) is 13.2 Å². The van der Waals surface area contributed by atoms with E-state index in [1.165, 1.54) is 6.07 Å². The average Bonchev–Trinajstić information content (AvgIpc) is 2.35. The van der Waals surface area contributed by atoms with Gasteiger partial charge in [0.05, 0.1) is 29.7 Å². The molecule has 0 heterocycles. The lowest BCUT2D eigenvalue weighted by molar-refractivity contribution is -0.140. The average molecular weight is 296 g/mol. The van der Waals surface area contributed by atoms with E-state index in [0.717, 1.165) is 19.2 Å². The van der Waals surface area contributed by atoms with Crippen LogP contribution < -0.4 is 0 Å². The summed E-state index contributed by atoms with van der Waals surface area (Å²) in [5.41, 5.74) is -1.24. The lowest BCUT2D eigenvalue weighted by Gasteiger charge is -2.12. The van der Waals surface area contributed by atoms with E-state index in [0.29, 0.717) is 6.07 Å². The van der Waals surface area contributed by atoms with Gasteiger partial charge in [0, 0.05) is 0 Å². The minimum Gasteiger partial charge on any atom is -0.469 e. The molecule has 0 bridgehead atoms. The molecule has 0 spiro atoms. The lowest BCUT2D eigenvalue weighted by atomic mass is 10.2. The Labute approximate surface area is 108 Å². The van der Waals surface area contributed by atoms with Crippen molar-refractivity contribution in [1.29, 1.82) is 0 Å². The van der Waals surface area contributed by atoms with Crippen LogP contribution in [0.4, 0.5) is 13.2 Å². The first-order valence-corrected chi connectivity index (χ1v) is 6.79. The van der Waals surface area contributed by atoms with Gasteiger partial charge in [-0.25, -0.2) is 8.42 Å². The second kappa shape index (κ2) is 5.60. The molecule has 0 atom stereocenters. The van der Waals surface area contributed by atoms with E-state index < -0.39 is 44.6 Å². The van der Waals surface area contributed by atoms with Crippen LogP contribution >= 0.6 is 0 Å². The van der Waals surface area contributed by atoms with Crippen molar-refractivity contribution >= 4 is 15.8 Å². The van der Waals surface area contributed by atoms with Crippen LogP contribution in [0.3, 0.4) is 0 Å². The van der Waals surface area contributed by atoms with E-state index >= 15 is 0 Å². The van der Waals surface area contributed by atoms with Crippen LogP contribution in [0.2, 0.25) is 0 Å². The number of benzene rings is 1. The highest BCUT2D eigenvalue weighted by molar-refractivity contribution is 7.91. The third-order valence-corrected chi connectivity index (χ3v) is 4.10. The van der Waals surface area contributed by atoms with Crippen molar-refractivity contribution in [1.82, 2.24) is 0 Å². The molecule has 0 aliphatic carbocycles. The van der Waals surface area contributed by atoms with E-state index in [2.05, 4.69) is 4.74 Å². The maximum absolute atomic E-state index is 12.7. The lowest BCUT2D eigenvalue weighted by Crippen LogP contribution is -2.17. The molecule has 0 saturated carbocycles. The maximum Gasteiger partial charge on any atom is 0.417 e. The van der Waals surface area contributed by atoms with Crippen LogP contribution in [-0.2, 0) is 25.5 Å². The van der Waals surface area contributed by atoms with Crippen molar-refractivity contribution in [3.63, 3.8) is 0 Å². The molecule has 0 aliphatic heterocycles. The van der Waals surface area contributed by atoms with E-state index in [9.17, 15) is 26.4 Å². The molecule has 1 aromatic carbocycles. The maximum atomic E-state index is 12.7. The number of ether oxygens (including phenoxy) is 1. The summed E-state index contributed by atoms with van der Waals surface area (Å²) in [5, 5.41) is 0. The molecule has 106 valence electrons. The second-order valence-corrected chi connectivity index (χ2v) is 5.72. The van der Waals surface area contributed by atoms with Crippen LogP contribution in [0.1, 0.15) is 12.0 Å². The Bertz CT molecular complexity index is 564. The molecular weight excluding hydrogens is 285 g/mol. The summed E-state index contributed by atoms with van der Waals surface area (Å²) in [5.74, 6) is -1.53. The Kier molecular flexibility index (Phi) is 4.56. The number of sulfone groups is 1. The number of carbonyl (C=O) groups excluding carboxylic acids is 1. The number of hydrogen-bond acceptors (Lipinski definition) is 4.